The van der Waals surface area contributed by atoms with Crippen LogP contribution in [0.2, 0.25) is 0 Å². The number of H-pyrrole nitrogens is 1. The van der Waals surface area contributed by atoms with Gasteiger partial charge in [-0.15, -0.1) is 10.2 Å². The number of unbranched alkanes of at least 4 members (excludes halogenated alkanes) is 6. The number of aliphatic hydroxyl groups is 1. The van der Waals surface area contributed by atoms with E-state index in [1.165, 1.54) is 60.8 Å². The molecular formula is C32H40N4O. The number of aliphatic hydroxyl groups excluding tert-OH is 1. The molecule has 0 unspecified atom stereocenters. The number of nitrogens with zero attached hydrogens (tertiary/aromatic N) is 3. The summed E-state index contributed by atoms with van der Waals surface area (Å²) in [6.45, 7) is 4.69. The highest BCUT2D eigenvalue weighted by Crippen LogP contribution is 2.66. The second kappa shape index (κ2) is 12.0. The zero-order valence-electron chi connectivity index (χ0n) is 21.9. The van der Waals surface area contributed by atoms with Crippen LogP contribution in [0.4, 0.5) is 0 Å². The number of aromatic amines is 1. The zero-order chi connectivity index (χ0) is 25.5. The molecule has 37 heavy (non-hydrogen) atoms. The van der Waals surface area contributed by atoms with Gasteiger partial charge in [-0.1, -0.05) is 110 Å². The Morgan fingerprint density at radius 2 is 1.54 bits per heavy atom. The molecule has 0 spiro atoms. The van der Waals surface area contributed by atoms with Gasteiger partial charge in [0.05, 0.1) is 6.10 Å². The number of allylic oxidation sites excluding steroid dienone is 3. The number of rotatable bonds is 13. The third kappa shape index (κ3) is 5.47. The highest BCUT2D eigenvalue weighted by molar-refractivity contribution is 5.90. The van der Waals surface area contributed by atoms with Crippen LogP contribution in [0.5, 0.6) is 0 Å². The first-order chi connectivity index (χ1) is 18.2. The van der Waals surface area contributed by atoms with E-state index in [1.54, 1.807) is 5.57 Å². The molecule has 3 aromatic rings. The van der Waals surface area contributed by atoms with Crippen LogP contribution < -0.4 is 0 Å². The van der Waals surface area contributed by atoms with E-state index in [0.29, 0.717) is 0 Å². The van der Waals surface area contributed by atoms with Gasteiger partial charge in [0.25, 0.3) is 0 Å². The number of hydrogen-bond donors (Lipinski definition) is 2. The van der Waals surface area contributed by atoms with Gasteiger partial charge in [0.2, 0.25) is 0 Å². The number of aryl methyl sites for hydroxylation is 1. The molecule has 0 saturated heterocycles. The summed E-state index contributed by atoms with van der Waals surface area (Å²) in [5.74, 6) is 1.05. The average Bonchev–Trinajstić information content (AvgIpc) is 3.65. The maximum atomic E-state index is 11.1. The minimum atomic E-state index is -0.260. The van der Waals surface area contributed by atoms with Crippen molar-refractivity contribution in [2.45, 2.75) is 83.2 Å². The molecule has 3 atom stereocenters. The summed E-state index contributed by atoms with van der Waals surface area (Å²) in [5.41, 5.74) is 6.54. The van der Waals surface area contributed by atoms with Crippen LogP contribution in [0.1, 0.15) is 87.6 Å². The fourth-order valence-electron chi connectivity index (χ4n) is 6.90. The van der Waals surface area contributed by atoms with E-state index in [1.807, 2.05) is 0 Å². The zero-order valence-corrected chi connectivity index (χ0v) is 21.9. The number of nitrogens with one attached hydrogen (secondary N) is 1. The second-order valence-electron chi connectivity index (χ2n) is 10.9. The van der Waals surface area contributed by atoms with E-state index in [-0.39, 0.29) is 17.4 Å². The molecule has 2 aromatic carbocycles. The second-order valence-corrected chi connectivity index (χ2v) is 10.9. The van der Waals surface area contributed by atoms with Crippen LogP contribution in [0.3, 0.4) is 0 Å². The van der Waals surface area contributed by atoms with Crippen molar-refractivity contribution in [3.8, 4) is 0 Å². The first kappa shape index (κ1) is 25.6. The highest BCUT2D eigenvalue weighted by atomic mass is 16.3. The Morgan fingerprint density at radius 3 is 2.22 bits per heavy atom. The fraction of sp³-hybridized carbons (Fsp3) is 0.469. The van der Waals surface area contributed by atoms with E-state index in [9.17, 15) is 5.11 Å². The largest absolute Gasteiger partial charge is 0.393 e. The first-order valence-electron chi connectivity index (χ1n) is 14.1. The van der Waals surface area contributed by atoms with Gasteiger partial charge in [-0.2, -0.15) is 5.21 Å². The number of benzene rings is 2. The third-order valence-electron chi connectivity index (χ3n) is 8.69. The molecule has 0 bridgehead atoms. The summed E-state index contributed by atoms with van der Waals surface area (Å²) in [7, 11) is 0. The van der Waals surface area contributed by atoms with Crippen molar-refractivity contribution in [3.63, 3.8) is 0 Å². The van der Waals surface area contributed by atoms with Gasteiger partial charge in [-0.05, 0) is 60.8 Å². The smallest absolute Gasteiger partial charge is 0.174 e. The van der Waals surface area contributed by atoms with Crippen molar-refractivity contribution in [2.24, 2.45) is 11.3 Å². The maximum absolute atomic E-state index is 11.1. The molecule has 5 heteroatoms. The van der Waals surface area contributed by atoms with Crippen molar-refractivity contribution in [2.75, 3.05) is 0 Å². The predicted molar refractivity (Wildman–Crippen MR) is 149 cm³/mol. The summed E-state index contributed by atoms with van der Waals surface area (Å²) in [4.78, 5) is 0. The van der Waals surface area contributed by atoms with Crippen LogP contribution in [0.15, 0.2) is 72.8 Å². The summed E-state index contributed by atoms with van der Waals surface area (Å²) in [6, 6.07) is 21.6. The topological polar surface area (TPSA) is 74.7 Å². The normalized spacial score (nSPS) is 22.9. The minimum absolute atomic E-state index is 0.170. The summed E-state index contributed by atoms with van der Waals surface area (Å²) in [6.07, 6.45) is 13.3. The molecule has 1 aromatic heterocycles. The maximum Gasteiger partial charge on any atom is 0.174 e. The SMILES string of the molecule is C=C(c1ccccc1)[C@@]12CC[C@@H](O)[C@@H]1CC(CCCCCCCCCc1nn[nH]n1)=C2c1ccccc1. The lowest BCUT2D eigenvalue weighted by Crippen LogP contribution is -2.29. The first-order valence-corrected chi connectivity index (χ1v) is 14.1. The molecule has 5 rings (SSSR count). The number of fused-ring (bicyclic) bond motifs is 1. The van der Waals surface area contributed by atoms with Crippen LogP contribution >= 0.6 is 0 Å². The quantitative estimate of drug-likeness (QED) is 0.246. The van der Waals surface area contributed by atoms with Crippen molar-refractivity contribution >= 4 is 11.1 Å². The van der Waals surface area contributed by atoms with Crippen LogP contribution in [-0.2, 0) is 6.42 Å². The summed E-state index contributed by atoms with van der Waals surface area (Å²) in [5, 5.41) is 25.3. The van der Waals surface area contributed by atoms with Crippen molar-refractivity contribution in [1.82, 2.24) is 20.6 Å². The Hall–Kier alpha value is -3.05. The van der Waals surface area contributed by atoms with Crippen molar-refractivity contribution in [1.29, 1.82) is 0 Å². The van der Waals surface area contributed by atoms with E-state index >= 15 is 0 Å². The van der Waals surface area contributed by atoms with Gasteiger partial charge >= 0.3 is 0 Å². The Kier molecular flexibility index (Phi) is 8.30. The monoisotopic (exact) mass is 496 g/mol. The van der Waals surface area contributed by atoms with Crippen molar-refractivity contribution < 1.29 is 5.11 Å². The lowest BCUT2D eigenvalue weighted by molar-refractivity contribution is 0.120. The van der Waals surface area contributed by atoms with E-state index < -0.39 is 0 Å². The van der Waals surface area contributed by atoms with Crippen LogP contribution in [0.25, 0.3) is 11.1 Å². The molecule has 194 valence electrons. The molecule has 0 radical (unpaired) electrons. The molecule has 2 aliphatic carbocycles. The summed E-state index contributed by atoms with van der Waals surface area (Å²) >= 11 is 0. The molecule has 2 aliphatic rings. The highest BCUT2D eigenvalue weighted by Gasteiger charge is 2.56. The Balaban J connectivity index is 1.25. The number of aromatic nitrogens is 4. The van der Waals surface area contributed by atoms with Gasteiger partial charge in [-0.3, -0.25) is 0 Å². The van der Waals surface area contributed by atoms with Crippen molar-refractivity contribution in [3.05, 3.63) is 89.8 Å². The molecule has 5 nitrogen and oxygen atoms in total. The minimum Gasteiger partial charge on any atom is -0.393 e. The Labute approximate surface area is 221 Å². The number of hydrogen-bond acceptors (Lipinski definition) is 4. The molecule has 0 amide bonds. The van der Waals surface area contributed by atoms with Gasteiger partial charge in [-0.25, -0.2) is 0 Å². The van der Waals surface area contributed by atoms with E-state index in [2.05, 4.69) is 87.9 Å². The number of tetrazole rings is 1. The van der Waals surface area contributed by atoms with Crippen LogP contribution in [-0.4, -0.2) is 31.8 Å². The van der Waals surface area contributed by atoms with Crippen LogP contribution in [0, 0.1) is 11.3 Å². The molecule has 1 saturated carbocycles. The van der Waals surface area contributed by atoms with Gasteiger partial charge < -0.3 is 5.11 Å². The lowest BCUT2D eigenvalue weighted by atomic mass is 9.66. The molecular weight excluding hydrogens is 456 g/mol. The predicted octanol–water partition coefficient (Wildman–Crippen LogP) is 7.19. The van der Waals surface area contributed by atoms with E-state index in [4.69, 9.17) is 0 Å². The molecule has 1 fully saturated rings. The molecule has 2 N–H and O–H groups in total. The average molecular weight is 497 g/mol. The van der Waals surface area contributed by atoms with Gasteiger partial charge in [0.15, 0.2) is 5.82 Å². The standard InChI is InChI=1S/C32H40N4O/c1-24(25-15-10-7-11-16-25)32-22-21-29(37)28(32)23-27(31(32)26-17-12-8-13-18-26)19-9-5-3-2-4-6-14-20-30-33-35-36-34-30/h7-8,10-13,15-18,28-29,37H,1-6,9,14,19-23H2,(H,33,34,35,36)/t28-,29+,32-/m0/s1. The Bertz CT molecular complexity index is 1170. The lowest BCUT2D eigenvalue weighted by Gasteiger charge is -2.37. The van der Waals surface area contributed by atoms with Gasteiger partial charge in [0, 0.05) is 17.8 Å². The Morgan fingerprint density at radius 1 is 0.892 bits per heavy atom. The fourth-order valence-corrected chi connectivity index (χ4v) is 6.90. The summed E-state index contributed by atoms with van der Waals surface area (Å²) < 4.78 is 0. The molecule has 1 heterocycles. The van der Waals surface area contributed by atoms with E-state index in [0.717, 1.165) is 44.3 Å². The third-order valence-corrected chi connectivity index (χ3v) is 8.69. The van der Waals surface area contributed by atoms with Gasteiger partial charge in [0.1, 0.15) is 0 Å². The molecule has 0 aliphatic heterocycles.